The van der Waals surface area contributed by atoms with E-state index in [1.807, 2.05) is 0 Å². The topological polar surface area (TPSA) is 140 Å². The van der Waals surface area contributed by atoms with E-state index in [9.17, 15) is 20.4 Å². The SMILES string of the molecule is CCCCCCCCCCC(O)CN(CCCCOCCCCN(CC(O)CCCCCCCCCC)CC(O)CCCCCCCCCC)CC(O)CCCCCCCCCC.NC=O. The predicted molar refractivity (Wildman–Crippen MR) is 285 cm³/mol. The zero-order valence-corrected chi connectivity index (χ0v) is 44.9. The van der Waals surface area contributed by atoms with E-state index in [1.54, 1.807) is 0 Å². The molecule has 4 unspecified atom stereocenters. The maximum Gasteiger partial charge on any atom is 0.204 e. The third-order valence-electron chi connectivity index (χ3n) is 13.5. The van der Waals surface area contributed by atoms with Gasteiger partial charge >= 0.3 is 0 Å². The number of ether oxygens (including phenoxy) is 1. The maximum absolute atomic E-state index is 11.0. The first-order valence-electron chi connectivity index (χ1n) is 29.2. The highest BCUT2D eigenvalue weighted by Crippen LogP contribution is 2.17. The van der Waals surface area contributed by atoms with Crippen LogP contribution in [0.3, 0.4) is 0 Å². The van der Waals surface area contributed by atoms with Crippen molar-refractivity contribution >= 4 is 6.41 Å². The number of unbranched alkanes of at least 4 members (excludes halogenated alkanes) is 30. The monoisotopic (exact) mass is 942 g/mol. The molecule has 0 heterocycles. The minimum atomic E-state index is -0.325. The fourth-order valence-electron chi connectivity index (χ4n) is 9.31. The van der Waals surface area contributed by atoms with Gasteiger partial charge in [-0.3, -0.25) is 14.6 Å². The molecule has 9 nitrogen and oxygen atoms in total. The van der Waals surface area contributed by atoms with Gasteiger partial charge in [0.2, 0.25) is 6.41 Å². The van der Waals surface area contributed by atoms with Crippen molar-refractivity contribution < 1.29 is 30.0 Å². The largest absolute Gasteiger partial charge is 0.392 e. The molecular formula is C57H119N3O6. The zero-order chi connectivity index (χ0) is 48.8. The number of aliphatic hydroxyl groups excluding tert-OH is 4. The van der Waals surface area contributed by atoms with Crippen LogP contribution >= 0.6 is 0 Å². The lowest BCUT2D eigenvalue weighted by Crippen LogP contribution is -2.39. The lowest BCUT2D eigenvalue weighted by atomic mass is 10.0. The number of nitrogens with two attached hydrogens (primary N) is 1. The molecule has 0 rings (SSSR count). The van der Waals surface area contributed by atoms with Crippen LogP contribution in [-0.4, -0.2) is 114 Å². The number of nitrogens with zero attached hydrogens (tertiary/aromatic N) is 2. The Labute approximate surface area is 411 Å². The Morgan fingerprint density at radius 1 is 0.348 bits per heavy atom. The lowest BCUT2D eigenvalue weighted by molar-refractivity contribution is -0.106. The number of aliphatic hydroxyl groups is 4. The van der Waals surface area contributed by atoms with E-state index < -0.39 is 0 Å². The molecule has 0 saturated carbocycles. The van der Waals surface area contributed by atoms with Crippen molar-refractivity contribution in [3.8, 4) is 0 Å². The van der Waals surface area contributed by atoms with Crippen molar-refractivity contribution in [2.45, 2.75) is 309 Å². The van der Waals surface area contributed by atoms with Gasteiger partial charge in [-0.2, -0.15) is 0 Å². The summed E-state index contributed by atoms with van der Waals surface area (Å²) < 4.78 is 6.11. The molecule has 0 bridgehead atoms. The van der Waals surface area contributed by atoms with Crippen LogP contribution in [0.1, 0.15) is 285 Å². The summed E-state index contributed by atoms with van der Waals surface area (Å²) in [5.74, 6) is 0. The van der Waals surface area contributed by atoms with Gasteiger partial charge in [0.15, 0.2) is 0 Å². The molecule has 4 atom stereocenters. The summed E-state index contributed by atoms with van der Waals surface area (Å²) in [6.07, 6.45) is 47.4. The first-order chi connectivity index (χ1) is 32.3. The molecule has 0 fully saturated rings. The number of carbonyl (C=O) groups excluding carboxylic acids is 1. The van der Waals surface area contributed by atoms with Gasteiger partial charge in [0.05, 0.1) is 24.4 Å². The molecule has 6 N–H and O–H groups in total. The summed E-state index contributed by atoms with van der Waals surface area (Å²) in [5.41, 5.74) is 4.17. The fraction of sp³-hybridized carbons (Fsp3) is 0.982. The van der Waals surface area contributed by atoms with Crippen molar-refractivity contribution in [2.75, 3.05) is 52.5 Å². The summed E-state index contributed by atoms with van der Waals surface area (Å²) in [7, 11) is 0. The van der Waals surface area contributed by atoms with Crippen LogP contribution in [0, 0.1) is 0 Å². The van der Waals surface area contributed by atoms with E-state index in [-0.39, 0.29) is 30.8 Å². The minimum absolute atomic E-state index is 0.250. The van der Waals surface area contributed by atoms with E-state index in [2.05, 4.69) is 43.2 Å². The molecule has 9 heteroatoms. The standard InChI is InChI=1S/C56H116N2O5.CH3NO/c1-5-9-13-17-21-25-29-33-41-53(59)49-57(50-54(60)42-34-30-26-22-18-14-10-6-2)45-37-39-47-63-48-40-38-46-58(51-55(61)43-35-31-27-23-19-15-11-7-3)52-56(62)44-36-32-28-24-20-16-12-8-4;2-1-3/h53-56,59-62H,5-52H2,1-4H3;1H,(H2,2,3). The number of amides is 1. The van der Waals surface area contributed by atoms with Gasteiger partial charge in [0.1, 0.15) is 0 Å². The van der Waals surface area contributed by atoms with E-state index in [0.29, 0.717) is 26.2 Å². The van der Waals surface area contributed by atoms with Crippen LogP contribution in [0.25, 0.3) is 0 Å². The predicted octanol–water partition coefficient (Wildman–Crippen LogP) is 13.8. The zero-order valence-electron chi connectivity index (χ0n) is 44.9. The van der Waals surface area contributed by atoms with E-state index in [4.69, 9.17) is 9.53 Å². The molecule has 66 heavy (non-hydrogen) atoms. The highest BCUT2D eigenvalue weighted by atomic mass is 16.5. The Bertz CT molecular complexity index is 780. The molecule has 0 aromatic heterocycles. The molecule has 0 spiro atoms. The van der Waals surface area contributed by atoms with Gasteiger partial charge in [-0.05, 0) is 64.5 Å². The highest BCUT2D eigenvalue weighted by molar-refractivity contribution is 5.42. The third-order valence-corrected chi connectivity index (χ3v) is 13.5. The molecule has 0 radical (unpaired) electrons. The van der Waals surface area contributed by atoms with Gasteiger partial charge in [-0.1, -0.05) is 233 Å². The normalized spacial score (nSPS) is 13.5. The number of primary amides is 1. The Morgan fingerprint density at radius 2 is 0.545 bits per heavy atom. The third kappa shape index (κ3) is 54.1. The van der Waals surface area contributed by atoms with Crippen LogP contribution in [0.2, 0.25) is 0 Å². The Hall–Kier alpha value is -0.810. The molecule has 0 aliphatic heterocycles. The first-order valence-corrected chi connectivity index (χ1v) is 29.2. The first kappa shape index (κ1) is 67.3. The van der Waals surface area contributed by atoms with Crippen LogP contribution < -0.4 is 5.73 Å². The maximum atomic E-state index is 11.0. The Morgan fingerprint density at radius 3 is 0.758 bits per heavy atom. The molecular weight excluding hydrogens is 823 g/mol. The van der Waals surface area contributed by atoms with Gasteiger partial charge in [-0.15, -0.1) is 0 Å². The summed E-state index contributed by atoms with van der Waals surface area (Å²) >= 11 is 0. The van der Waals surface area contributed by atoms with Crippen molar-refractivity contribution in [1.82, 2.24) is 9.80 Å². The molecule has 1 amide bonds. The van der Waals surface area contributed by atoms with Crippen molar-refractivity contribution in [3.05, 3.63) is 0 Å². The van der Waals surface area contributed by atoms with E-state index in [0.717, 1.165) is 103 Å². The number of hydrogen-bond donors (Lipinski definition) is 5. The van der Waals surface area contributed by atoms with Crippen LogP contribution in [0.4, 0.5) is 0 Å². The highest BCUT2D eigenvalue weighted by Gasteiger charge is 2.17. The molecule has 0 aromatic rings. The number of carbonyl (C=O) groups is 1. The van der Waals surface area contributed by atoms with Gasteiger partial charge in [0.25, 0.3) is 0 Å². The quantitative estimate of drug-likeness (QED) is 0.0300. The van der Waals surface area contributed by atoms with Crippen molar-refractivity contribution in [1.29, 1.82) is 0 Å². The van der Waals surface area contributed by atoms with Gasteiger partial charge < -0.3 is 30.9 Å². The average molecular weight is 943 g/mol. The summed E-state index contributed by atoms with van der Waals surface area (Å²) in [6.45, 7) is 15.0. The van der Waals surface area contributed by atoms with Gasteiger partial charge in [0, 0.05) is 39.4 Å². The Kier molecular flexibility index (Phi) is 57.9. The summed E-state index contributed by atoms with van der Waals surface area (Å²) in [5, 5.41) is 44.0. The second-order valence-corrected chi connectivity index (χ2v) is 20.4. The van der Waals surface area contributed by atoms with E-state index in [1.165, 1.54) is 180 Å². The second kappa shape index (κ2) is 56.8. The molecule has 0 saturated heterocycles. The molecule has 398 valence electrons. The lowest BCUT2D eigenvalue weighted by Gasteiger charge is -2.27. The molecule has 0 aliphatic carbocycles. The summed E-state index contributed by atoms with van der Waals surface area (Å²) in [6, 6.07) is 0. The molecule has 0 aromatic carbocycles. The fourth-order valence-corrected chi connectivity index (χ4v) is 9.31. The number of rotatable bonds is 54. The smallest absolute Gasteiger partial charge is 0.204 e. The number of hydrogen-bond acceptors (Lipinski definition) is 8. The summed E-state index contributed by atoms with van der Waals surface area (Å²) in [4.78, 5) is 13.2. The van der Waals surface area contributed by atoms with Crippen molar-refractivity contribution in [2.24, 2.45) is 5.73 Å². The van der Waals surface area contributed by atoms with Crippen molar-refractivity contribution in [3.63, 3.8) is 0 Å². The van der Waals surface area contributed by atoms with Crippen LogP contribution in [0.5, 0.6) is 0 Å². The van der Waals surface area contributed by atoms with Gasteiger partial charge in [-0.25, -0.2) is 0 Å². The van der Waals surface area contributed by atoms with Crippen LogP contribution in [0.15, 0.2) is 0 Å². The van der Waals surface area contributed by atoms with Crippen LogP contribution in [-0.2, 0) is 9.53 Å². The Balaban J connectivity index is 0. The second-order valence-electron chi connectivity index (χ2n) is 20.4. The molecule has 0 aliphatic rings. The minimum Gasteiger partial charge on any atom is -0.392 e. The van der Waals surface area contributed by atoms with E-state index >= 15 is 0 Å². The average Bonchev–Trinajstić information content (AvgIpc) is 3.29.